The first-order chi connectivity index (χ1) is 8.08. The molecule has 1 aromatic carbocycles. The van der Waals surface area contributed by atoms with Crippen molar-refractivity contribution in [3.05, 3.63) is 33.7 Å². The van der Waals surface area contributed by atoms with E-state index in [9.17, 15) is 9.18 Å². The average molecular weight is 299 g/mol. The van der Waals surface area contributed by atoms with Gasteiger partial charge in [-0.15, -0.1) is 0 Å². The first-order valence-corrected chi connectivity index (χ1v) is 6.02. The zero-order chi connectivity index (χ0) is 12.2. The molecule has 3 nitrogen and oxygen atoms in total. The van der Waals surface area contributed by atoms with Crippen molar-refractivity contribution in [3.8, 4) is 0 Å². The molecule has 1 fully saturated rings. The normalized spacial score (nSPS) is 15.4. The van der Waals surface area contributed by atoms with E-state index in [1.165, 1.54) is 6.07 Å². The Hall–Kier alpha value is -1.36. The number of carbonyl (C=O) groups is 1. The topological polar surface area (TPSA) is 50.4 Å². The fraction of sp³-hybridized carbons (Fsp3) is 0.250. The number of hydrogen-bond acceptors (Lipinski definition) is 2. The van der Waals surface area contributed by atoms with Crippen molar-refractivity contribution in [1.29, 1.82) is 0 Å². The highest BCUT2D eigenvalue weighted by Gasteiger charge is 2.34. The van der Waals surface area contributed by atoms with E-state index in [0.717, 1.165) is 12.8 Å². The quantitative estimate of drug-likeness (QED) is 0.914. The third-order valence-corrected chi connectivity index (χ3v) is 3.38. The van der Waals surface area contributed by atoms with Gasteiger partial charge >= 0.3 is 5.97 Å². The predicted molar refractivity (Wildman–Crippen MR) is 62.8 cm³/mol. The van der Waals surface area contributed by atoms with Crippen LogP contribution in [0.3, 0.4) is 0 Å². The number of halogens is 2. The summed E-state index contributed by atoms with van der Waals surface area (Å²) < 4.78 is 19.4. The Morgan fingerprint density at radius 2 is 2.18 bits per heavy atom. The lowest BCUT2D eigenvalue weighted by atomic mass is 10.1. The molecule has 0 amide bonds. The Morgan fingerprint density at radius 3 is 2.76 bits per heavy atom. The number of carboxylic acids is 1. The molecule has 0 aliphatic heterocycles. The SMILES string of the molecule is O=C(O)c1oc2c(F)cc(Br)cc2c1C1CC1. The third kappa shape index (κ3) is 1.65. The molecule has 5 heteroatoms. The van der Waals surface area contributed by atoms with Crippen LogP contribution in [-0.2, 0) is 0 Å². The average Bonchev–Trinajstić information content (AvgIpc) is 2.99. The van der Waals surface area contributed by atoms with Crippen molar-refractivity contribution >= 4 is 32.9 Å². The molecule has 3 rings (SSSR count). The van der Waals surface area contributed by atoms with Crippen LogP contribution in [0.4, 0.5) is 4.39 Å². The Labute approximate surface area is 104 Å². The second-order valence-electron chi connectivity index (χ2n) is 4.19. The van der Waals surface area contributed by atoms with E-state index in [2.05, 4.69) is 15.9 Å². The largest absolute Gasteiger partial charge is 0.475 e. The van der Waals surface area contributed by atoms with Crippen LogP contribution in [0.25, 0.3) is 11.0 Å². The summed E-state index contributed by atoms with van der Waals surface area (Å²) in [4.78, 5) is 11.1. The number of furan rings is 1. The standard InChI is InChI=1S/C12H8BrFO3/c13-6-3-7-9(5-1-2-5)11(12(15)16)17-10(7)8(14)4-6/h3-5H,1-2H2,(H,15,16). The first kappa shape index (κ1) is 10.8. The molecule has 1 saturated carbocycles. The molecule has 0 unspecified atom stereocenters. The molecule has 17 heavy (non-hydrogen) atoms. The number of rotatable bonds is 2. The predicted octanol–water partition coefficient (Wildman–Crippen LogP) is 3.91. The minimum Gasteiger partial charge on any atom is -0.475 e. The van der Waals surface area contributed by atoms with Gasteiger partial charge in [-0.25, -0.2) is 9.18 Å². The fourth-order valence-electron chi connectivity index (χ4n) is 2.08. The number of hydrogen-bond donors (Lipinski definition) is 1. The molecule has 1 aromatic heterocycles. The summed E-state index contributed by atoms with van der Waals surface area (Å²) in [5.41, 5.74) is 0.667. The van der Waals surface area contributed by atoms with Crippen LogP contribution in [0, 0.1) is 5.82 Å². The van der Waals surface area contributed by atoms with Gasteiger partial charge in [0.25, 0.3) is 0 Å². The van der Waals surface area contributed by atoms with Gasteiger partial charge in [0.15, 0.2) is 11.4 Å². The maximum absolute atomic E-state index is 13.7. The summed E-state index contributed by atoms with van der Waals surface area (Å²) in [7, 11) is 0. The number of fused-ring (bicyclic) bond motifs is 1. The zero-order valence-corrected chi connectivity index (χ0v) is 10.3. The number of aromatic carboxylic acids is 1. The van der Waals surface area contributed by atoms with Crippen molar-refractivity contribution in [2.45, 2.75) is 18.8 Å². The number of carboxylic acid groups (broad SMARTS) is 1. The molecule has 2 aromatic rings. The maximum atomic E-state index is 13.7. The Kier molecular flexibility index (Phi) is 2.26. The minimum absolute atomic E-state index is 0.0347. The smallest absolute Gasteiger partial charge is 0.372 e. The van der Waals surface area contributed by atoms with E-state index in [0.29, 0.717) is 15.4 Å². The Morgan fingerprint density at radius 1 is 1.47 bits per heavy atom. The maximum Gasteiger partial charge on any atom is 0.372 e. The zero-order valence-electron chi connectivity index (χ0n) is 8.67. The van der Waals surface area contributed by atoms with Crippen LogP contribution in [0.5, 0.6) is 0 Å². The fourth-order valence-corrected chi connectivity index (χ4v) is 2.51. The van der Waals surface area contributed by atoms with E-state index < -0.39 is 11.8 Å². The first-order valence-electron chi connectivity index (χ1n) is 5.22. The molecule has 1 aliphatic carbocycles. The van der Waals surface area contributed by atoms with Gasteiger partial charge in [-0.05, 0) is 30.9 Å². The lowest BCUT2D eigenvalue weighted by Crippen LogP contribution is -1.97. The summed E-state index contributed by atoms with van der Waals surface area (Å²) in [5, 5.41) is 9.64. The van der Waals surface area contributed by atoms with Crippen molar-refractivity contribution in [3.63, 3.8) is 0 Å². The molecule has 0 bridgehead atoms. The highest BCUT2D eigenvalue weighted by Crippen LogP contribution is 2.47. The Bertz CT molecular complexity index is 628. The van der Waals surface area contributed by atoms with Gasteiger partial charge in [0.2, 0.25) is 5.76 Å². The molecule has 1 aliphatic rings. The Balaban J connectivity index is 2.38. The lowest BCUT2D eigenvalue weighted by molar-refractivity contribution is 0.0663. The van der Waals surface area contributed by atoms with Crippen LogP contribution >= 0.6 is 15.9 Å². The summed E-state index contributed by atoms with van der Waals surface area (Å²) in [6, 6.07) is 2.98. The van der Waals surface area contributed by atoms with Crippen molar-refractivity contribution < 1.29 is 18.7 Å². The molecule has 1 heterocycles. The third-order valence-electron chi connectivity index (χ3n) is 2.93. The van der Waals surface area contributed by atoms with Crippen LogP contribution in [-0.4, -0.2) is 11.1 Å². The van der Waals surface area contributed by atoms with E-state index in [-0.39, 0.29) is 17.3 Å². The monoisotopic (exact) mass is 298 g/mol. The highest BCUT2D eigenvalue weighted by molar-refractivity contribution is 9.10. The van der Waals surface area contributed by atoms with E-state index in [1.54, 1.807) is 6.07 Å². The van der Waals surface area contributed by atoms with Gasteiger partial charge in [0, 0.05) is 15.4 Å². The van der Waals surface area contributed by atoms with E-state index in [1.807, 2.05) is 0 Å². The van der Waals surface area contributed by atoms with Crippen LogP contribution in [0.1, 0.15) is 34.9 Å². The highest BCUT2D eigenvalue weighted by atomic mass is 79.9. The van der Waals surface area contributed by atoms with Crippen molar-refractivity contribution in [1.82, 2.24) is 0 Å². The molecule has 0 spiro atoms. The van der Waals surface area contributed by atoms with Crippen molar-refractivity contribution in [2.75, 3.05) is 0 Å². The molecule has 0 saturated heterocycles. The second kappa shape index (κ2) is 3.57. The van der Waals surface area contributed by atoms with Crippen molar-refractivity contribution in [2.24, 2.45) is 0 Å². The van der Waals surface area contributed by atoms with Crippen LogP contribution < -0.4 is 0 Å². The summed E-state index contributed by atoms with van der Waals surface area (Å²) in [6.45, 7) is 0. The van der Waals surface area contributed by atoms with Gasteiger partial charge in [0.05, 0.1) is 0 Å². The van der Waals surface area contributed by atoms with Gasteiger partial charge in [-0.1, -0.05) is 15.9 Å². The summed E-state index contributed by atoms with van der Waals surface area (Å²) >= 11 is 3.20. The van der Waals surface area contributed by atoms with Crippen LogP contribution in [0.15, 0.2) is 21.0 Å². The summed E-state index contributed by atoms with van der Waals surface area (Å²) in [5.74, 6) is -1.61. The van der Waals surface area contributed by atoms with Gasteiger partial charge in [-0.3, -0.25) is 0 Å². The lowest BCUT2D eigenvalue weighted by Gasteiger charge is -1.96. The molecule has 88 valence electrons. The van der Waals surface area contributed by atoms with Gasteiger partial charge < -0.3 is 9.52 Å². The van der Waals surface area contributed by atoms with E-state index >= 15 is 0 Å². The second-order valence-corrected chi connectivity index (χ2v) is 5.10. The minimum atomic E-state index is -1.14. The summed E-state index contributed by atoms with van der Waals surface area (Å²) in [6.07, 6.45) is 1.87. The number of benzene rings is 1. The molecule has 0 atom stereocenters. The molecular formula is C12H8BrFO3. The molecule has 1 N–H and O–H groups in total. The van der Waals surface area contributed by atoms with Gasteiger partial charge in [-0.2, -0.15) is 0 Å². The van der Waals surface area contributed by atoms with Gasteiger partial charge in [0.1, 0.15) is 0 Å². The molecular weight excluding hydrogens is 291 g/mol. The van der Waals surface area contributed by atoms with E-state index in [4.69, 9.17) is 9.52 Å². The molecule has 0 radical (unpaired) electrons. The van der Waals surface area contributed by atoms with Crippen LogP contribution in [0.2, 0.25) is 0 Å².